The van der Waals surface area contributed by atoms with Crippen molar-refractivity contribution in [2.45, 2.75) is 39.5 Å². The summed E-state index contributed by atoms with van der Waals surface area (Å²) in [7, 11) is 6.97. The van der Waals surface area contributed by atoms with E-state index in [0.29, 0.717) is 11.8 Å². The van der Waals surface area contributed by atoms with E-state index in [9.17, 15) is 0 Å². The lowest BCUT2D eigenvalue weighted by molar-refractivity contribution is 0.341. The third-order valence-electron chi connectivity index (χ3n) is 6.67. The first-order chi connectivity index (χ1) is 14.5. The number of hydrogen-bond donors (Lipinski definition) is 0. The molecule has 0 aromatic heterocycles. The molecule has 2 aromatic carbocycles. The molecule has 0 unspecified atom stereocenters. The molecule has 2 bridgehead atoms. The molecule has 0 spiro atoms. The molecule has 3 aliphatic rings. The van der Waals surface area contributed by atoms with E-state index >= 15 is 0 Å². The predicted molar refractivity (Wildman–Crippen MR) is 121 cm³/mol. The van der Waals surface area contributed by atoms with Crippen molar-refractivity contribution < 1.29 is 18.9 Å². The van der Waals surface area contributed by atoms with Crippen molar-refractivity contribution >= 4 is 11.1 Å². The average Bonchev–Trinajstić information content (AvgIpc) is 2.78. The van der Waals surface area contributed by atoms with E-state index in [2.05, 4.69) is 38.1 Å². The SMILES string of the molecule is COc1cc(C)cc(OC)c1C1=C(c2c(OC)cc(C)cc2OC)C2CCC1CC2. The van der Waals surface area contributed by atoms with Crippen LogP contribution in [0.1, 0.15) is 47.9 Å². The summed E-state index contributed by atoms with van der Waals surface area (Å²) in [4.78, 5) is 0. The Balaban J connectivity index is 2.09. The maximum atomic E-state index is 5.87. The number of allylic oxidation sites excluding steroid dienone is 2. The molecule has 0 radical (unpaired) electrons. The Bertz CT molecular complexity index is 851. The number of methoxy groups -OCH3 is 4. The molecule has 0 N–H and O–H groups in total. The molecule has 0 heterocycles. The highest BCUT2D eigenvalue weighted by Crippen LogP contribution is 2.58. The monoisotopic (exact) mass is 408 g/mol. The summed E-state index contributed by atoms with van der Waals surface area (Å²) >= 11 is 0. The van der Waals surface area contributed by atoms with Crippen LogP contribution in [0.4, 0.5) is 0 Å². The first-order valence-electron chi connectivity index (χ1n) is 10.7. The highest BCUT2D eigenvalue weighted by Gasteiger charge is 2.40. The minimum Gasteiger partial charge on any atom is -0.496 e. The summed E-state index contributed by atoms with van der Waals surface area (Å²) in [5, 5.41) is 0. The van der Waals surface area contributed by atoms with Crippen LogP contribution in [0.5, 0.6) is 23.0 Å². The maximum Gasteiger partial charge on any atom is 0.130 e. The molecule has 3 aliphatic carbocycles. The standard InChI is InChI=1S/C26H32O4/c1-15-11-19(27-3)25(20(12-15)28-4)23-17-7-9-18(10-8-17)24(23)26-21(29-5)13-16(2)14-22(26)30-6/h11-14,17-18H,7-10H2,1-6H3. The van der Waals surface area contributed by atoms with Gasteiger partial charge in [0.2, 0.25) is 0 Å². The molecule has 1 fully saturated rings. The molecule has 0 amide bonds. The smallest absolute Gasteiger partial charge is 0.130 e. The normalized spacial score (nSPS) is 20.3. The van der Waals surface area contributed by atoms with Crippen LogP contribution in [0.15, 0.2) is 24.3 Å². The molecule has 4 nitrogen and oxygen atoms in total. The molecule has 30 heavy (non-hydrogen) atoms. The van der Waals surface area contributed by atoms with Crippen molar-refractivity contribution in [2.24, 2.45) is 11.8 Å². The molecule has 0 aliphatic heterocycles. The first kappa shape index (κ1) is 20.6. The highest BCUT2D eigenvalue weighted by molar-refractivity contribution is 6.00. The molecular formula is C26H32O4. The van der Waals surface area contributed by atoms with E-state index < -0.39 is 0 Å². The number of rotatable bonds is 6. The van der Waals surface area contributed by atoms with E-state index in [-0.39, 0.29) is 0 Å². The maximum absolute atomic E-state index is 5.87. The van der Waals surface area contributed by atoms with Crippen molar-refractivity contribution in [3.63, 3.8) is 0 Å². The topological polar surface area (TPSA) is 36.9 Å². The van der Waals surface area contributed by atoms with Crippen LogP contribution < -0.4 is 18.9 Å². The summed E-state index contributed by atoms with van der Waals surface area (Å²) in [6.07, 6.45) is 4.78. The zero-order valence-electron chi connectivity index (χ0n) is 18.9. The van der Waals surface area contributed by atoms with E-state index in [4.69, 9.17) is 18.9 Å². The third kappa shape index (κ3) is 3.32. The number of fused-ring (bicyclic) bond motifs is 2. The molecule has 0 atom stereocenters. The van der Waals surface area contributed by atoms with Gasteiger partial charge in [0.05, 0.1) is 39.6 Å². The van der Waals surface area contributed by atoms with E-state index in [1.54, 1.807) is 28.4 Å². The van der Waals surface area contributed by atoms with Crippen LogP contribution in [-0.2, 0) is 0 Å². The van der Waals surface area contributed by atoms with Gasteiger partial charge in [-0.2, -0.15) is 0 Å². The number of aryl methyl sites for hydroxylation is 2. The van der Waals surface area contributed by atoms with Gasteiger partial charge >= 0.3 is 0 Å². The Kier molecular flexibility index (Phi) is 5.68. The van der Waals surface area contributed by atoms with Gasteiger partial charge in [-0.15, -0.1) is 0 Å². The van der Waals surface area contributed by atoms with Crippen LogP contribution >= 0.6 is 0 Å². The Morgan fingerprint density at radius 1 is 0.533 bits per heavy atom. The van der Waals surface area contributed by atoms with Crippen molar-refractivity contribution in [3.05, 3.63) is 46.5 Å². The molecule has 2 aromatic rings. The minimum absolute atomic E-state index is 0.478. The second-order valence-electron chi connectivity index (χ2n) is 8.46. The van der Waals surface area contributed by atoms with Gasteiger partial charge in [0.15, 0.2) is 0 Å². The van der Waals surface area contributed by atoms with E-state index in [1.165, 1.54) is 36.8 Å². The molecular weight excluding hydrogens is 376 g/mol. The number of benzene rings is 2. The third-order valence-corrected chi connectivity index (χ3v) is 6.67. The van der Waals surface area contributed by atoms with Crippen LogP contribution in [0, 0.1) is 25.7 Å². The Hall–Kier alpha value is -2.62. The highest BCUT2D eigenvalue weighted by atomic mass is 16.5. The predicted octanol–water partition coefficient (Wildman–Crippen LogP) is 6.07. The molecule has 4 heteroatoms. The van der Waals surface area contributed by atoms with Gasteiger partial charge in [-0.05, 0) is 97.9 Å². The largest absolute Gasteiger partial charge is 0.496 e. The summed E-state index contributed by atoms with van der Waals surface area (Å²) in [5.41, 5.74) is 7.10. The number of ether oxygens (including phenoxy) is 4. The van der Waals surface area contributed by atoms with Crippen LogP contribution in [0.25, 0.3) is 11.1 Å². The summed E-state index contributed by atoms with van der Waals surface area (Å²) in [6, 6.07) is 8.42. The van der Waals surface area contributed by atoms with Gasteiger partial charge in [-0.1, -0.05) is 0 Å². The Morgan fingerprint density at radius 2 is 0.800 bits per heavy atom. The molecule has 0 saturated heterocycles. The fraction of sp³-hybridized carbons (Fsp3) is 0.462. The van der Waals surface area contributed by atoms with Gasteiger partial charge in [-0.25, -0.2) is 0 Å². The van der Waals surface area contributed by atoms with Crippen LogP contribution in [0.3, 0.4) is 0 Å². The van der Waals surface area contributed by atoms with Crippen molar-refractivity contribution in [1.82, 2.24) is 0 Å². The van der Waals surface area contributed by atoms with Gasteiger partial charge in [0.25, 0.3) is 0 Å². The van der Waals surface area contributed by atoms with Crippen molar-refractivity contribution in [2.75, 3.05) is 28.4 Å². The van der Waals surface area contributed by atoms with Crippen molar-refractivity contribution in [3.8, 4) is 23.0 Å². The van der Waals surface area contributed by atoms with Crippen molar-refractivity contribution in [1.29, 1.82) is 0 Å². The minimum atomic E-state index is 0.478. The van der Waals surface area contributed by atoms with Crippen LogP contribution in [-0.4, -0.2) is 28.4 Å². The second-order valence-corrected chi connectivity index (χ2v) is 8.46. The summed E-state index contributed by atoms with van der Waals surface area (Å²) in [6.45, 7) is 4.15. The second kappa shape index (κ2) is 8.25. The fourth-order valence-corrected chi connectivity index (χ4v) is 5.41. The quantitative estimate of drug-likeness (QED) is 0.581. The number of hydrogen-bond acceptors (Lipinski definition) is 4. The molecule has 160 valence electrons. The molecule has 5 rings (SSSR count). The van der Waals surface area contributed by atoms with E-state index in [1.807, 2.05) is 0 Å². The van der Waals surface area contributed by atoms with Crippen LogP contribution in [0.2, 0.25) is 0 Å². The average molecular weight is 409 g/mol. The lowest BCUT2D eigenvalue weighted by atomic mass is 9.63. The zero-order chi connectivity index (χ0) is 21.4. The zero-order valence-corrected chi connectivity index (χ0v) is 18.9. The van der Waals surface area contributed by atoms with E-state index in [0.717, 1.165) is 45.3 Å². The summed E-state index contributed by atoms with van der Waals surface area (Å²) < 4.78 is 23.5. The fourth-order valence-electron chi connectivity index (χ4n) is 5.41. The lowest BCUT2D eigenvalue weighted by Gasteiger charge is -2.42. The molecule has 1 saturated carbocycles. The van der Waals surface area contributed by atoms with Gasteiger partial charge in [0.1, 0.15) is 23.0 Å². The van der Waals surface area contributed by atoms with Gasteiger partial charge < -0.3 is 18.9 Å². The Morgan fingerprint density at radius 3 is 1.03 bits per heavy atom. The first-order valence-corrected chi connectivity index (χ1v) is 10.7. The summed E-state index contributed by atoms with van der Waals surface area (Å²) in [5.74, 6) is 4.44. The van der Waals surface area contributed by atoms with Gasteiger partial charge in [-0.3, -0.25) is 0 Å². The van der Waals surface area contributed by atoms with Gasteiger partial charge in [0, 0.05) is 0 Å². The Labute approximate surface area is 179 Å². The lowest BCUT2D eigenvalue weighted by Crippen LogP contribution is -2.26.